The fraction of sp³-hybridized carbons (Fsp3) is 0.231. The van der Waals surface area contributed by atoms with Crippen LogP contribution in [0.4, 0.5) is 19.0 Å². The van der Waals surface area contributed by atoms with E-state index in [2.05, 4.69) is 15.5 Å². The highest BCUT2D eigenvalue weighted by atomic mass is 19.4. The van der Waals surface area contributed by atoms with Crippen molar-refractivity contribution < 1.29 is 18.0 Å². The minimum atomic E-state index is -4.40. The summed E-state index contributed by atoms with van der Waals surface area (Å²) in [7, 11) is 0. The number of hydrogen-bond donors (Lipinski definition) is 2. The maximum Gasteiger partial charge on any atom is 0.416 e. The molecule has 0 fully saturated rings. The van der Waals surface area contributed by atoms with Crippen molar-refractivity contribution in [1.82, 2.24) is 10.2 Å². The molecule has 7 heteroatoms. The molecular weight excluding hydrogens is 271 g/mol. The molecule has 0 bridgehead atoms. The summed E-state index contributed by atoms with van der Waals surface area (Å²) < 4.78 is 38.2. The molecule has 0 unspecified atom stereocenters. The normalized spacial score (nSPS) is 18.6. The second kappa shape index (κ2) is 4.36. The first-order chi connectivity index (χ1) is 9.45. The number of aromatic amines is 1. The molecule has 1 aromatic carbocycles. The van der Waals surface area contributed by atoms with Crippen LogP contribution in [0.25, 0.3) is 0 Å². The Morgan fingerprint density at radius 2 is 2.10 bits per heavy atom. The summed E-state index contributed by atoms with van der Waals surface area (Å²) in [5, 5.41) is 9.06. The van der Waals surface area contributed by atoms with E-state index in [0.717, 1.165) is 12.1 Å². The van der Waals surface area contributed by atoms with E-state index in [4.69, 9.17) is 0 Å². The maximum absolute atomic E-state index is 12.7. The number of nitrogens with zero attached hydrogens (tertiary/aromatic N) is 1. The summed E-state index contributed by atoms with van der Waals surface area (Å²) in [5.41, 5.74) is 0.437. The van der Waals surface area contributed by atoms with Gasteiger partial charge in [-0.2, -0.15) is 18.3 Å². The summed E-state index contributed by atoms with van der Waals surface area (Å²) in [5.74, 6) is -0.215. The zero-order valence-corrected chi connectivity index (χ0v) is 10.2. The number of alkyl halides is 3. The zero-order chi connectivity index (χ0) is 14.3. The molecule has 3 rings (SSSR count). The number of hydrogen-bond acceptors (Lipinski definition) is 2. The fourth-order valence-corrected chi connectivity index (χ4v) is 2.37. The van der Waals surface area contributed by atoms with Crippen molar-refractivity contribution in [2.24, 2.45) is 0 Å². The van der Waals surface area contributed by atoms with Crippen molar-refractivity contribution in [1.29, 1.82) is 0 Å². The van der Waals surface area contributed by atoms with Crippen LogP contribution in [0.5, 0.6) is 0 Å². The molecular formula is C13H10F3N3O. The quantitative estimate of drug-likeness (QED) is 0.844. The van der Waals surface area contributed by atoms with Gasteiger partial charge in [0, 0.05) is 17.9 Å². The third-order valence-electron chi connectivity index (χ3n) is 3.31. The van der Waals surface area contributed by atoms with E-state index in [0.29, 0.717) is 16.9 Å². The van der Waals surface area contributed by atoms with Crippen LogP contribution in [0.3, 0.4) is 0 Å². The third kappa shape index (κ3) is 2.15. The predicted molar refractivity (Wildman–Crippen MR) is 65.1 cm³/mol. The van der Waals surface area contributed by atoms with Gasteiger partial charge in [-0.25, -0.2) is 0 Å². The molecule has 1 aliphatic heterocycles. The Morgan fingerprint density at radius 1 is 1.30 bits per heavy atom. The molecule has 0 saturated heterocycles. The van der Waals surface area contributed by atoms with Crippen molar-refractivity contribution >= 4 is 11.7 Å². The standard InChI is InChI=1S/C13H10F3N3O/c14-13(15,16)8-3-1-2-7(4-8)9-5-11(20)18-12-10(9)6-17-19-12/h1-4,6,9H,5H2,(H2,17,18,19,20)/t9-/m0/s1. The van der Waals surface area contributed by atoms with Crippen LogP contribution in [0.15, 0.2) is 30.5 Å². The lowest BCUT2D eigenvalue weighted by Gasteiger charge is -2.22. The Kier molecular flexibility index (Phi) is 2.77. The summed E-state index contributed by atoms with van der Waals surface area (Å²) in [4.78, 5) is 11.6. The van der Waals surface area contributed by atoms with Gasteiger partial charge in [-0.3, -0.25) is 9.89 Å². The summed E-state index contributed by atoms with van der Waals surface area (Å²) in [6, 6.07) is 5.04. The van der Waals surface area contributed by atoms with Crippen molar-refractivity contribution in [2.75, 3.05) is 5.32 Å². The molecule has 0 radical (unpaired) electrons. The number of anilines is 1. The molecule has 20 heavy (non-hydrogen) atoms. The number of halogens is 3. The van der Waals surface area contributed by atoms with E-state index >= 15 is 0 Å². The zero-order valence-electron chi connectivity index (χ0n) is 10.2. The van der Waals surface area contributed by atoms with Crippen molar-refractivity contribution in [3.8, 4) is 0 Å². The van der Waals surface area contributed by atoms with Crippen LogP contribution in [0.1, 0.15) is 29.0 Å². The third-order valence-corrected chi connectivity index (χ3v) is 3.31. The Balaban J connectivity index is 2.04. The van der Waals surface area contributed by atoms with Crippen LogP contribution in [0, 0.1) is 0 Å². The Morgan fingerprint density at radius 3 is 2.85 bits per heavy atom. The average molecular weight is 281 g/mol. The van der Waals surface area contributed by atoms with Crippen LogP contribution in [-0.4, -0.2) is 16.1 Å². The highest BCUT2D eigenvalue weighted by Gasteiger charge is 2.33. The molecule has 2 aromatic rings. The van der Waals surface area contributed by atoms with E-state index in [9.17, 15) is 18.0 Å². The minimum absolute atomic E-state index is 0.105. The van der Waals surface area contributed by atoms with Gasteiger partial charge in [0.05, 0.1) is 11.8 Å². The van der Waals surface area contributed by atoms with E-state index in [1.807, 2.05) is 0 Å². The van der Waals surface area contributed by atoms with Crippen LogP contribution >= 0.6 is 0 Å². The van der Waals surface area contributed by atoms with Crippen molar-refractivity contribution in [3.05, 3.63) is 47.2 Å². The molecule has 2 heterocycles. The second-order valence-corrected chi connectivity index (χ2v) is 4.63. The molecule has 1 aromatic heterocycles. The topological polar surface area (TPSA) is 57.8 Å². The number of amides is 1. The van der Waals surface area contributed by atoms with Gasteiger partial charge in [0.25, 0.3) is 0 Å². The van der Waals surface area contributed by atoms with Gasteiger partial charge in [0.1, 0.15) is 5.82 Å². The van der Waals surface area contributed by atoms with Crippen LogP contribution in [0.2, 0.25) is 0 Å². The number of H-pyrrole nitrogens is 1. The van der Waals surface area contributed by atoms with Gasteiger partial charge in [-0.15, -0.1) is 0 Å². The van der Waals surface area contributed by atoms with E-state index in [-0.39, 0.29) is 12.3 Å². The molecule has 1 amide bonds. The number of nitrogens with one attached hydrogen (secondary N) is 2. The minimum Gasteiger partial charge on any atom is -0.311 e. The first kappa shape index (κ1) is 12.7. The molecule has 1 aliphatic rings. The number of benzene rings is 1. The average Bonchev–Trinajstić information content (AvgIpc) is 2.85. The first-order valence-electron chi connectivity index (χ1n) is 5.95. The number of aromatic nitrogens is 2. The molecule has 0 aliphatic carbocycles. The Hall–Kier alpha value is -2.31. The lowest BCUT2D eigenvalue weighted by molar-refractivity contribution is -0.137. The first-order valence-corrected chi connectivity index (χ1v) is 5.95. The molecule has 104 valence electrons. The van der Waals surface area contributed by atoms with Crippen LogP contribution in [-0.2, 0) is 11.0 Å². The lowest BCUT2D eigenvalue weighted by Crippen LogP contribution is -2.23. The SMILES string of the molecule is O=C1C[C@@H](c2cccc(C(F)(F)F)c2)c2cn[nH]c2N1. The van der Waals surface area contributed by atoms with Gasteiger partial charge in [0.15, 0.2) is 0 Å². The van der Waals surface area contributed by atoms with Gasteiger partial charge in [0.2, 0.25) is 5.91 Å². The predicted octanol–water partition coefficient (Wildman–Crippen LogP) is 2.90. The molecule has 2 N–H and O–H groups in total. The lowest BCUT2D eigenvalue weighted by atomic mass is 9.86. The monoisotopic (exact) mass is 281 g/mol. The van der Waals surface area contributed by atoms with E-state index in [1.165, 1.54) is 12.3 Å². The maximum atomic E-state index is 12.7. The summed E-state index contributed by atoms with van der Waals surface area (Å²) >= 11 is 0. The fourth-order valence-electron chi connectivity index (χ4n) is 2.37. The summed E-state index contributed by atoms with van der Waals surface area (Å²) in [6.07, 6.45) is -2.76. The van der Waals surface area contributed by atoms with Gasteiger partial charge in [-0.05, 0) is 11.6 Å². The molecule has 4 nitrogen and oxygen atoms in total. The molecule has 1 atom stereocenters. The number of fused-ring (bicyclic) bond motifs is 1. The largest absolute Gasteiger partial charge is 0.416 e. The molecule has 0 spiro atoms. The van der Waals surface area contributed by atoms with Gasteiger partial charge >= 0.3 is 6.18 Å². The Bertz CT molecular complexity index is 663. The summed E-state index contributed by atoms with van der Waals surface area (Å²) in [6.45, 7) is 0. The smallest absolute Gasteiger partial charge is 0.311 e. The highest BCUT2D eigenvalue weighted by molar-refractivity contribution is 5.94. The van der Waals surface area contributed by atoms with Crippen molar-refractivity contribution in [3.63, 3.8) is 0 Å². The molecule has 0 saturated carbocycles. The van der Waals surface area contributed by atoms with E-state index in [1.54, 1.807) is 6.07 Å². The van der Waals surface area contributed by atoms with Gasteiger partial charge < -0.3 is 5.32 Å². The van der Waals surface area contributed by atoms with Crippen molar-refractivity contribution in [2.45, 2.75) is 18.5 Å². The van der Waals surface area contributed by atoms with Gasteiger partial charge in [-0.1, -0.05) is 18.2 Å². The van der Waals surface area contributed by atoms with E-state index < -0.39 is 17.7 Å². The second-order valence-electron chi connectivity index (χ2n) is 4.63. The number of carbonyl (C=O) groups excluding carboxylic acids is 1. The van der Waals surface area contributed by atoms with Crippen LogP contribution < -0.4 is 5.32 Å². The Labute approximate surface area is 112 Å². The number of carbonyl (C=O) groups is 1. The number of rotatable bonds is 1. The highest BCUT2D eigenvalue weighted by Crippen LogP contribution is 2.38.